The van der Waals surface area contributed by atoms with Gasteiger partial charge in [-0.15, -0.1) is 11.3 Å². The van der Waals surface area contributed by atoms with Crippen molar-refractivity contribution in [2.45, 2.75) is 13.8 Å². The lowest BCUT2D eigenvalue weighted by molar-refractivity contribution is -0.118. The van der Waals surface area contributed by atoms with E-state index >= 15 is 0 Å². The number of halogens is 1. The van der Waals surface area contributed by atoms with Crippen molar-refractivity contribution < 1.29 is 19.1 Å². The number of hydrogen-bond donors (Lipinski definition) is 1. The molecule has 0 aliphatic rings. The van der Waals surface area contributed by atoms with E-state index in [1.54, 1.807) is 25.1 Å². The molecule has 0 unspecified atom stereocenters. The summed E-state index contributed by atoms with van der Waals surface area (Å²) in [6.45, 7) is 3.65. The Labute approximate surface area is 178 Å². The highest BCUT2D eigenvalue weighted by atomic mass is 35.5. The number of aryl methyl sites for hydroxylation is 1. The average molecular weight is 430 g/mol. The van der Waals surface area contributed by atoms with E-state index < -0.39 is 5.97 Å². The Bertz CT molecular complexity index is 1020. The number of nitrogens with one attached hydrogen (secondary N) is 1. The lowest BCUT2D eigenvalue weighted by Gasteiger charge is -2.10. The van der Waals surface area contributed by atoms with Gasteiger partial charge in [-0.3, -0.25) is 4.79 Å². The zero-order valence-electron chi connectivity index (χ0n) is 16.0. The molecule has 0 spiro atoms. The summed E-state index contributed by atoms with van der Waals surface area (Å²) in [7, 11) is 0. The first-order valence-electron chi connectivity index (χ1n) is 9.02. The van der Waals surface area contributed by atoms with Crippen LogP contribution < -0.4 is 10.1 Å². The summed E-state index contributed by atoms with van der Waals surface area (Å²) < 4.78 is 10.7. The Morgan fingerprint density at radius 2 is 1.90 bits per heavy atom. The molecule has 1 N–H and O–H groups in total. The molecule has 0 atom stereocenters. The topological polar surface area (TPSA) is 64.6 Å². The highest BCUT2D eigenvalue weighted by Crippen LogP contribution is 2.36. The third-order valence-electron chi connectivity index (χ3n) is 4.11. The van der Waals surface area contributed by atoms with Crippen LogP contribution >= 0.6 is 22.9 Å². The number of amides is 1. The molecule has 2 aromatic carbocycles. The van der Waals surface area contributed by atoms with Gasteiger partial charge in [0.25, 0.3) is 5.91 Å². The van der Waals surface area contributed by atoms with Crippen LogP contribution in [0.25, 0.3) is 11.1 Å². The number of anilines is 1. The van der Waals surface area contributed by atoms with Crippen LogP contribution in [0.2, 0.25) is 5.02 Å². The van der Waals surface area contributed by atoms with Crippen molar-refractivity contribution in [1.82, 2.24) is 0 Å². The lowest BCUT2D eigenvalue weighted by atomic mass is 10.0. The Morgan fingerprint density at radius 1 is 1.14 bits per heavy atom. The number of ether oxygens (including phenoxy) is 2. The summed E-state index contributed by atoms with van der Waals surface area (Å²) in [5, 5.41) is 5.66. The van der Waals surface area contributed by atoms with Crippen LogP contribution in [-0.2, 0) is 9.53 Å². The van der Waals surface area contributed by atoms with Crippen LogP contribution in [0.4, 0.5) is 5.00 Å². The summed E-state index contributed by atoms with van der Waals surface area (Å²) in [5.41, 5.74) is 2.80. The second-order valence-corrected chi connectivity index (χ2v) is 7.47. The van der Waals surface area contributed by atoms with Gasteiger partial charge < -0.3 is 14.8 Å². The van der Waals surface area contributed by atoms with Crippen LogP contribution in [0.15, 0.2) is 53.9 Å². The second-order valence-electron chi connectivity index (χ2n) is 6.19. The number of rotatable bonds is 7. The molecule has 7 heteroatoms. The quantitative estimate of drug-likeness (QED) is 0.498. The molecule has 0 bridgehead atoms. The molecule has 29 heavy (non-hydrogen) atoms. The monoisotopic (exact) mass is 429 g/mol. The SMILES string of the molecule is CCOC(=O)c1c(-c2ccccc2)csc1NC(=O)COc1ccc(Cl)c(C)c1. The van der Waals surface area contributed by atoms with E-state index in [1.807, 2.05) is 42.6 Å². The average Bonchev–Trinajstić information content (AvgIpc) is 3.13. The van der Waals surface area contributed by atoms with Gasteiger partial charge in [0.15, 0.2) is 6.61 Å². The highest BCUT2D eigenvalue weighted by molar-refractivity contribution is 7.15. The van der Waals surface area contributed by atoms with Crippen molar-refractivity contribution in [2.75, 3.05) is 18.5 Å². The van der Waals surface area contributed by atoms with Gasteiger partial charge in [-0.1, -0.05) is 41.9 Å². The smallest absolute Gasteiger partial charge is 0.341 e. The summed E-state index contributed by atoms with van der Waals surface area (Å²) in [4.78, 5) is 24.9. The third-order valence-corrected chi connectivity index (χ3v) is 5.43. The molecule has 1 amide bonds. The molecule has 0 aliphatic heterocycles. The molecule has 3 aromatic rings. The normalized spacial score (nSPS) is 10.4. The Hall–Kier alpha value is -2.83. The molecule has 0 saturated heterocycles. The van der Waals surface area contributed by atoms with Gasteiger partial charge in [0.2, 0.25) is 0 Å². The minimum atomic E-state index is -0.475. The van der Waals surface area contributed by atoms with Crippen LogP contribution in [0.1, 0.15) is 22.8 Å². The van der Waals surface area contributed by atoms with Crippen LogP contribution in [0.3, 0.4) is 0 Å². The van der Waals surface area contributed by atoms with Crippen LogP contribution in [0, 0.1) is 6.92 Å². The fourth-order valence-electron chi connectivity index (χ4n) is 2.70. The minimum Gasteiger partial charge on any atom is -0.484 e. The van der Waals surface area contributed by atoms with Crippen molar-refractivity contribution in [3.05, 3.63) is 70.1 Å². The van der Waals surface area contributed by atoms with Gasteiger partial charge in [0, 0.05) is 16.0 Å². The van der Waals surface area contributed by atoms with Crippen molar-refractivity contribution in [3.63, 3.8) is 0 Å². The predicted molar refractivity (Wildman–Crippen MR) is 116 cm³/mol. The lowest BCUT2D eigenvalue weighted by Crippen LogP contribution is -2.21. The fourth-order valence-corrected chi connectivity index (χ4v) is 3.80. The number of hydrogen-bond acceptors (Lipinski definition) is 5. The van der Waals surface area contributed by atoms with Crippen molar-refractivity contribution in [3.8, 4) is 16.9 Å². The molecular weight excluding hydrogens is 410 g/mol. The van der Waals surface area contributed by atoms with Crippen molar-refractivity contribution >= 4 is 39.8 Å². The molecule has 150 valence electrons. The number of thiophene rings is 1. The minimum absolute atomic E-state index is 0.193. The number of carbonyl (C=O) groups excluding carboxylic acids is 2. The van der Waals surface area contributed by atoms with E-state index in [1.165, 1.54) is 11.3 Å². The van der Waals surface area contributed by atoms with E-state index in [2.05, 4.69) is 5.32 Å². The predicted octanol–water partition coefficient (Wildman–Crippen LogP) is 5.57. The summed E-state index contributed by atoms with van der Waals surface area (Å²) in [6, 6.07) is 14.7. The van der Waals surface area contributed by atoms with E-state index in [-0.39, 0.29) is 19.1 Å². The molecule has 0 fully saturated rings. The van der Waals surface area contributed by atoms with Crippen molar-refractivity contribution in [2.24, 2.45) is 0 Å². The van der Waals surface area contributed by atoms with E-state index in [0.717, 1.165) is 16.7 Å². The number of esters is 1. The fraction of sp³-hybridized carbons (Fsp3) is 0.182. The van der Waals surface area contributed by atoms with E-state index in [0.29, 0.717) is 21.3 Å². The van der Waals surface area contributed by atoms with Gasteiger partial charge >= 0.3 is 5.97 Å². The first kappa shape index (κ1) is 20.9. The Kier molecular flexibility index (Phi) is 6.90. The number of carbonyl (C=O) groups is 2. The van der Waals surface area contributed by atoms with Gasteiger partial charge in [-0.25, -0.2) is 4.79 Å². The second kappa shape index (κ2) is 9.58. The van der Waals surface area contributed by atoms with Crippen LogP contribution in [-0.4, -0.2) is 25.1 Å². The maximum atomic E-state index is 12.5. The zero-order chi connectivity index (χ0) is 20.8. The summed E-state index contributed by atoms with van der Waals surface area (Å²) in [5.74, 6) is -0.300. The number of benzene rings is 2. The summed E-state index contributed by atoms with van der Waals surface area (Å²) in [6.07, 6.45) is 0. The molecule has 3 rings (SSSR count). The molecule has 0 saturated carbocycles. The largest absolute Gasteiger partial charge is 0.484 e. The third kappa shape index (κ3) is 5.16. The van der Waals surface area contributed by atoms with Crippen LogP contribution in [0.5, 0.6) is 5.75 Å². The molecular formula is C22H20ClNO4S. The van der Waals surface area contributed by atoms with Gasteiger partial charge in [0.1, 0.15) is 16.3 Å². The molecule has 0 aliphatic carbocycles. The molecule has 1 aromatic heterocycles. The standard InChI is InChI=1S/C22H20ClNO4S/c1-3-27-22(26)20-17(15-7-5-4-6-8-15)13-29-21(20)24-19(25)12-28-16-9-10-18(23)14(2)11-16/h4-11,13H,3,12H2,1-2H3,(H,24,25). The first-order chi connectivity index (χ1) is 14.0. The van der Waals surface area contributed by atoms with E-state index in [4.69, 9.17) is 21.1 Å². The maximum absolute atomic E-state index is 12.5. The van der Waals surface area contributed by atoms with Gasteiger partial charge in [-0.05, 0) is 43.2 Å². The Morgan fingerprint density at radius 3 is 2.59 bits per heavy atom. The molecule has 1 heterocycles. The van der Waals surface area contributed by atoms with E-state index in [9.17, 15) is 9.59 Å². The molecule has 5 nitrogen and oxygen atoms in total. The first-order valence-corrected chi connectivity index (χ1v) is 10.3. The van der Waals surface area contributed by atoms with Crippen molar-refractivity contribution in [1.29, 1.82) is 0 Å². The van der Waals surface area contributed by atoms with Gasteiger partial charge in [0.05, 0.1) is 6.61 Å². The van der Waals surface area contributed by atoms with Gasteiger partial charge in [-0.2, -0.15) is 0 Å². The molecule has 0 radical (unpaired) electrons. The zero-order valence-corrected chi connectivity index (χ0v) is 17.6. The highest BCUT2D eigenvalue weighted by Gasteiger charge is 2.22. The Balaban J connectivity index is 1.77. The summed E-state index contributed by atoms with van der Waals surface area (Å²) >= 11 is 7.27. The maximum Gasteiger partial charge on any atom is 0.341 e.